The van der Waals surface area contributed by atoms with Gasteiger partial charge >= 0.3 is 0 Å². The second-order valence-electron chi connectivity index (χ2n) is 4.86. The molecule has 1 aromatic rings. The molecule has 17 heavy (non-hydrogen) atoms. The molecule has 0 aliphatic carbocycles. The van der Waals surface area contributed by atoms with Crippen LogP contribution in [0.2, 0.25) is 0 Å². The van der Waals surface area contributed by atoms with Crippen LogP contribution < -0.4 is 10.2 Å². The van der Waals surface area contributed by atoms with Gasteiger partial charge < -0.3 is 15.3 Å². The number of aliphatic hydroxyl groups is 1. The first-order valence-corrected chi connectivity index (χ1v) is 6.14. The number of hydrogen-bond donors (Lipinski definition) is 2. The van der Waals surface area contributed by atoms with Crippen molar-refractivity contribution in [2.75, 3.05) is 29.9 Å². The number of anilines is 2. The van der Waals surface area contributed by atoms with E-state index >= 15 is 0 Å². The van der Waals surface area contributed by atoms with Crippen LogP contribution in [0.3, 0.4) is 0 Å². The van der Waals surface area contributed by atoms with Crippen molar-refractivity contribution >= 4 is 11.6 Å². The van der Waals surface area contributed by atoms with Gasteiger partial charge in [-0.1, -0.05) is 6.92 Å². The van der Waals surface area contributed by atoms with E-state index in [9.17, 15) is 5.11 Å². The molecule has 0 radical (unpaired) electrons. The number of nitrogens with zero attached hydrogens (tertiary/aromatic N) is 3. The van der Waals surface area contributed by atoms with Crippen LogP contribution in [0.1, 0.15) is 26.7 Å². The lowest BCUT2D eigenvalue weighted by Gasteiger charge is -2.19. The highest BCUT2D eigenvalue weighted by molar-refractivity contribution is 5.45. The number of rotatable bonds is 4. The summed E-state index contributed by atoms with van der Waals surface area (Å²) in [4.78, 5) is 10.8. The van der Waals surface area contributed by atoms with E-state index in [4.69, 9.17) is 0 Å². The summed E-state index contributed by atoms with van der Waals surface area (Å²) in [6.07, 6.45) is 5.32. The van der Waals surface area contributed by atoms with E-state index in [0.29, 0.717) is 6.54 Å². The van der Waals surface area contributed by atoms with Gasteiger partial charge in [-0.15, -0.1) is 0 Å². The summed E-state index contributed by atoms with van der Waals surface area (Å²) in [5.41, 5.74) is -0.603. The summed E-state index contributed by atoms with van der Waals surface area (Å²) in [6, 6.07) is 0. The van der Waals surface area contributed by atoms with Crippen molar-refractivity contribution in [3.8, 4) is 0 Å². The van der Waals surface area contributed by atoms with Gasteiger partial charge in [0.1, 0.15) is 11.6 Å². The van der Waals surface area contributed by atoms with Crippen molar-refractivity contribution < 1.29 is 5.11 Å². The molecular weight excluding hydrogens is 216 g/mol. The maximum atomic E-state index is 9.93. The molecule has 0 amide bonds. The normalized spacial score (nSPS) is 24.1. The molecule has 1 aromatic heterocycles. The number of β-amino-alcohol motifs (C(OH)–C–C–N with tert-alkyl or cyclic N) is 1. The van der Waals surface area contributed by atoms with E-state index in [1.54, 1.807) is 12.4 Å². The van der Waals surface area contributed by atoms with Gasteiger partial charge in [-0.2, -0.15) is 0 Å². The zero-order chi connectivity index (χ0) is 12.3. The van der Waals surface area contributed by atoms with Crippen LogP contribution in [-0.4, -0.2) is 40.3 Å². The van der Waals surface area contributed by atoms with Gasteiger partial charge in [-0.25, -0.2) is 4.98 Å². The molecule has 0 spiro atoms. The molecule has 5 nitrogen and oxygen atoms in total. The molecule has 1 fully saturated rings. The Hall–Kier alpha value is -1.36. The first-order valence-electron chi connectivity index (χ1n) is 6.14. The zero-order valence-corrected chi connectivity index (χ0v) is 10.5. The molecule has 1 saturated heterocycles. The standard InChI is InChI=1S/C12H20N4O/c1-3-5-14-10-7-13-8-11(15-10)16-6-4-12(2,17)9-16/h7-8,17H,3-6,9H2,1-2H3,(H,14,15). The number of aromatic nitrogens is 2. The van der Waals surface area contributed by atoms with Crippen molar-refractivity contribution in [1.29, 1.82) is 0 Å². The second kappa shape index (κ2) is 4.87. The fraction of sp³-hybridized carbons (Fsp3) is 0.667. The maximum Gasteiger partial charge on any atom is 0.149 e. The van der Waals surface area contributed by atoms with Crippen molar-refractivity contribution in [2.24, 2.45) is 0 Å². The van der Waals surface area contributed by atoms with Crippen LogP contribution in [0, 0.1) is 0 Å². The van der Waals surface area contributed by atoms with Gasteiger partial charge in [0.2, 0.25) is 0 Å². The Morgan fingerprint density at radius 2 is 2.35 bits per heavy atom. The number of nitrogens with one attached hydrogen (secondary N) is 1. The van der Waals surface area contributed by atoms with Gasteiger partial charge in [-0.05, 0) is 19.8 Å². The SMILES string of the molecule is CCCNc1cncc(N2CCC(C)(O)C2)n1. The third-order valence-electron chi connectivity index (χ3n) is 2.95. The first kappa shape index (κ1) is 12.1. The van der Waals surface area contributed by atoms with Crippen LogP contribution in [0.15, 0.2) is 12.4 Å². The number of hydrogen-bond acceptors (Lipinski definition) is 5. The van der Waals surface area contributed by atoms with E-state index in [2.05, 4.69) is 27.1 Å². The van der Waals surface area contributed by atoms with Gasteiger partial charge in [-0.3, -0.25) is 4.98 Å². The summed E-state index contributed by atoms with van der Waals surface area (Å²) in [5.74, 6) is 1.64. The minimum Gasteiger partial charge on any atom is -0.388 e. The van der Waals surface area contributed by atoms with Crippen molar-refractivity contribution in [2.45, 2.75) is 32.3 Å². The molecular formula is C12H20N4O. The Bertz CT molecular complexity index is 381. The van der Waals surface area contributed by atoms with Crippen molar-refractivity contribution in [1.82, 2.24) is 9.97 Å². The molecule has 5 heteroatoms. The van der Waals surface area contributed by atoms with Crippen LogP contribution >= 0.6 is 0 Å². The highest BCUT2D eigenvalue weighted by Crippen LogP contribution is 2.24. The van der Waals surface area contributed by atoms with Crippen LogP contribution in [0.5, 0.6) is 0 Å². The molecule has 1 aliphatic heterocycles. The van der Waals surface area contributed by atoms with Gasteiger partial charge in [0, 0.05) is 19.6 Å². The lowest BCUT2D eigenvalue weighted by atomic mass is 10.1. The summed E-state index contributed by atoms with van der Waals surface area (Å²) in [7, 11) is 0. The smallest absolute Gasteiger partial charge is 0.149 e. The minimum atomic E-state index is -0.603. The van der Waals surface area contributed by atoms with E-state index < -0.39 is 5.60 Å². The highest BCUT2D eigenvalue weighted by atomic mass is 16.3. The monoisotopic (exact) mass is 236 g/mol. The van der Waals surface area contributed by atoms with E-state index in [-0.39, 0.29) is 0 Å². The Labute approximate surface area is 102 Å². The molecule has 1 unspecified atom stereocenters. The van der Waals surface area contributed by atoms with Crippen LogP contribution in [0.4, 0.5) is 11.6 Å². The quantitative estimate of drug-likeness (QED) is 0.824. The van der Waals surface area contributed by atoms with Crippen LogP contribution in [-0.2, 0) is 0 Å². The van der Waals surface area contributed by atoms with Crippen molar-refractivity contribution in [3.63, 3.8) is 0 Å². The molecule has 1 atom stereocenters. The average molecular weight is 236 g/mol. The van der Waals surface area contributed by atoms with E-state index in [1.165, 1.54) is 0 Å². The molecule has 2 heterocycles. The Balaban J connectivity index is 2.06. The predicted octanol–water partition coefficient (Wildman–Crippen LogP) is 1.26. The molecule has 2 N–H and O–H groups in total. The summed E-state index contributed by atoms with van der Waals surface area (Å²) >= 11 is 0. The summed E-state index contributed by atoms with van der Waals surface area (Å²) in [5, 5.41) is 13.1. The Morgan fingerprint density at radius 1 is 1.53 bits per heavy atom. The third kappa shape index (κ3) is 3.06. The van der Waals surface area contributed by atoms with Gasteiger partial charge in [0.05, 0.1) is 18.0 Å². The molecule has 94 valence electrons. The summed E-state index contributed by atoms with van der Waals surface area (Å²) in [6.45, 7) is 6.33. The molecule has 2 rings (SSSR count). The van der Waals surface area contributed by atoms with Crippen LogP contribution in [0.25, 0.3) is 0 Å². The zero-order valence-electron chi connectivity index (χ0n) is 10.5. The molecule has 1 aliphatic rings. The summed E-state index contributed by atoms with van der Waals surface area (Å²) < 4.78 is 0. The lowest BCUT2D eigenvalue weighted by Crippen LogP contribution is -2.30. The molecule has 0 bridgehead atoms. The fourth-order valence-electron chi connectivity index (χ4n) is 1.99. The molecule has 0 aromatic carbocycles. The predicted molar refractivity (Wildman–Crippen MR) is 68.3 cm³/mol. The average Bonchev–Trinajstić information content (AvgIpc) is 2.67. The first-order chi connectivity index (χ1) is 8.11. The Morgan fingerprint density at radius 3 is 3.00 bits per heavy atom. The molecule has 0 saturated carbocycles. The largest absolute Gasteiger partial charge is 0.388 e. The third-order valence-corrected chi connectivity index (χ3v) is 2.95. The highest BCUT2D eigenvalue weighted by Gasteiger charge is 2.32. The minimum absolute atomic E-state index is 0.603. The topological polar surface area (TPSA) is 61.3 Å². The van der Waals surface area contributed by atoms with Gasteiger partial charge in [0.25, 0.3) is 0 Å². The van der Waals surface area contributed by atoms with Gasteiger partial charge in [0.15, 0.2) is 0 Å². The second-order valence-corrected chi connectivity index (χ2v) is 4.86. The van der Waals surface area contributed by atoms with E-state index in [0.717, 1.165) is 37.6 Å². The fourth-order valence-corrected chi connectivity index (χ4v) is 1.99. The maximum absolute atomic E-state index is 9.93. The lowest BCUT2D eigenvalue weighted by molar-refractivity contribution is 0.0839. The van der Waals surface area contributed by atoms with Crippen molar-refractivity contribution in [3.05, 3.63) is 12.4 Å². The van der Waals surface area contributed by atoms with E-state index in [1.807, 2.05) is 6.92 Å². The Kier molecular flexibility index (Phi) is 3.47.